The van der Waals surface area contributed by atoms with Gasteiger partial charge in [-0.15, -0.1) is 0 Å². The highest BCUT2D eigenvalue weighted by Gasteiger charge is 2.28. The molecule has 0 aromatic carbocycles. The maximum absolute atomic E-state index is 11.9. The molecule has 1 heterocycles. The van der Waals surface area contributed by atoms with Crippen LogP contribution in [0.1, 0.15) is 47.0 Å². The SMILES string of the molecule is CC1CC(=O)CCCN1C(=O)OC(C)(C)C. The second kappa shape index (κ2) is 4.85. The first kappa shape index (κ1) is 13.0. The van der Waals surface area contributed by atoms with Crippen LogP contribution in [0.25, 0.3) is 0 Å². The van der Waals surface area contributed by atoms with Crippen molar-refractivity contribution in [1.82, 2.24) is 4.90 Å². The third-order valence-corrected chi connectivity index (χ3v) is 2.54. The summed E-state index contributed by atoms with van der Waals surface area (Å²) in [4.78, 5) is 24.9. The monoisotopic (exact) mass is 227 g/mol. The van der Waals surface area contributed by atoms with Crippen molar-refractivity contribution >= 4 is 11.9 Å². The van der Waals surface area contributed by atoms with Crippen molar-refractivity contribution in [3.05, 3.63) is 0 Å². The Morgan fingerprint density at radius 1 is 1.44 bits per heavy atom. The summed E-state index contributed by atoms with van der Waals surface area (Å²) in [6.45, 7) is 8.05. The van der Waals surface area contributed by atoms with Crippen LogP contribution in [0.2, 0.25) is 0 Å². The molecular weight excluding hydrogens is 206 g/mol. The largest absolute Gasteiger partial charge is 0.444 e. The Morgan fingerprint density at radius 3 is 2.62 bits per heavy atom. The van der Waals surface area contributed by atoms with Gasteiger partial charge in [-0.05, 0) is 34.1 Å². The molecular formula is C12H21NO3. The molecule has 92 valence electrons. The van der Waals surface area contributed by atoms with Gasteiger partial charge in [-0.25, -0.2) is 4.79 Å². The normalized spacial score (nSPS) is 22.9. The zero-order valence-electron chi connectivity index (χ0n) is 10.6. The lowest BCUT2D eigenvalue weighted by molar-refractivity contribution is -0.119. The topological polar surface area (TPSA) is 46.6 Å². The van der Waals surface area contributed by atoms with Gasteiger partial charge in [0.25, 0.3) is 0 Å². The van der Waals surface area contributed by atoms with Crippen LogP contribution in [0.5, 0.6) is 0 Å². The predicted molar refractivity (Wildman–Crippen MR) is 61.3 cm³/mol. The third kappa shape index (κ3) is 3.83. The summed E-state index contributed by atoms with van der Waals surface area (Å²) in [7, 11) is 0. The van der Waals surface area contributed by atoms with E-state index in [2.05, 4.69) is 0 Å². The van der Waals surface area contributed by atoms with Gasteiger partial charge in [-0.1, -0.05) is 0 Å². The highest BCUT2D eigenvalue weighted by atomic mass is 16.6. The molecule has 1 aliphatic heterocycles. The van der Waals surface area contributed by atoms with Gasteiger partial charge >= 0.3 is 6.09 Å². The lowest BCUT2D eigenvalue weighted by Crippen LogP contribution is -2.42. The van der Waals surface area contributed by atoms with E-state index in [1.165, 1.54) is 0 Å². The van der Waals surface area contributed by atoms with Crippen molar-refractivity contribution in [3.8, 4) is 0 Å². The fourth-order valence-corrected chi connectivity index (χ4v) is 1.80. The average Bonchev–Trinajstić information content (AvgIpc) is 2.23. The van der Waals surface area contributed by atoms with Crippen molar-refractivity contribution in [2.45, 2.75) is 58.6 Å². The lowest BCUT2D eigenvalue weighted by Gasteiger charge is -2.30. The van der Waals surface area contributed by atoms with Crippen LogP contribution >= 0.6 is 0 Å². The molecule has 0 N–H and O–H groups in total. The molecule has 0 aliphatic carbocycles. The number of rotatable bonds is 0. The number of ketones is 1. The van der Waals surface area contributed by atoms with E-state index in [-0.39, 0.29) is 17.9 Å². The number of likely N-dealkylation sites (tertiary alicyclic amines) is 1. The van der Waals surface area contributed by atoms with Crippen molar-refractivity contribution in [1.29, 1.82) is 0 Å². The number of carbonyl (C=O) groups excluding carboxylic acids is 2. The quantitative estimate of drug-likeness (QED) is 0.638. The molecule has 1 aliphatic rings. The summed E-state index contributed by atoms with van der Waals surface area (Å²) in [5, 5.41) is 0. The Kier molecular flexibility index (Phi) is 3.94. The number of hydrogen-bond donors (Lipinski definition) is 0. The van der Waals surface area contributed by atoms with Gasteiger partial charge in [0.1, 0.15) is 11.4 Å². The molecule has 1 amide bonds. The predicted octanol–water partition coefficient (Wildman–Crippen LogP) is 2.37. The molecule has 0 bridgehead atoms. The van der Waals surface area contributed by atoms with Gasteiger partial charge in [0.15, 0.2) is 0 Å². The number of ether oxygens (including phenoxy) is 1. The van der Waals surface area contributed by atoms with Crippen LogP contribution in [0.15, 0.2) is 0 Å². The van der Waals surface area contributed by atoms with E-state index in [4.69, 9.17) is 4.74 Å². The van der Waals surface area contributed by atoms with E-state index in [9.17, 15) is 9.59 Å². The highest BCUT2D eigenvalue weighted by Crippen LogP contribution is 2.17. The highest BCUT2D eigenvalue weighted by molar-refractivity contribution is 5.80. The van der Waals surface area contributed by atoms with Crippen molar-refractivity contribution in [3.63, 3.8) is 0 Å². The maximum Gasteiger partial charge on any atom is 0.410 e. The Labute approximate surface area is 96.9 Å². The number of hydrogen-bond acceptors (Lipinski definition) is 3. The molecule has 1 unspecified atom stereocenters. The van der Waals surface area contributed by atoms with Crippen LogP contribution in [-0.4, -0.2) is 35.0 Å². The second-order valence-corrected chi connectivity index (χ2v) is 5.37. The minimum Gasteiger partial charge on any atom is -0.444 e. The number of nitrogens with zero attached hydrogens (tertiary/aromatic N) is 1. The summed E-state index contributed by atoms with van der Waals surface area (Å²) in [6.07, 6.45) is 1.44. The Hall–Kier alpha value is -1.06. The van der Waals surface area contributed by atoms with Gasteiger partial charge < -0.3 is 9.64 Å². The summed E-state index contributed by atoms with van der Waals surface area (Å²) >= 11 is 0. The smallest absolute Gasteiger partial charge is 0.410 e. The number of Topliss-reactive ketones (excluding diaryl/α,β-unsaturated/α-hetero) is 1. The summed E-state index contributed by atoms with van der Waals surface area (Å²) in [5.41, 5.74) is -0.479. The minimum atomic E-state index is -0.479. The molecule has 0 aromatic rings. The van der Waals surface area contributed by atoms with Gasteiger partial charge in [0, 0.05) is 25.4 Å². The van der Waals surface area contributed by atoms with Crippen molar-refractivity contribution in [2.75, 3.05) is 6.54 Å². The van der Waals surface area contributed by atoms with E-state index in [0.29, 0.717) is 19.4 Å². The molecule has 4 heteroatoms. The van der Waals surface area contributed by atoms with Crippen LogP contribution < -0.4 is 0 Å². The molecule has 16 heavy (non-hydrogen) atoms. The summed E-state index contributed by atoms with van der Waals surface area (Å²) in [5.74, 6) is 0.235. The first-order valence-electron chi connectivity index (χ1n) is 5.81. The van der Waals surface area contributed by atoms with E-state index in [1.54, 1.807) is 4.90 Å². The summed E-state index contributed by atoms with van der Waals surface area (Å²) < 4.78 is 5.31. The number of amides is 1. The van der Waals surface area contributed by atoms with E-state index < -0.39 is 5.60 Å². The molecule has 0 radical (unpaired) electrons. The van der Waals surface area contributed by atoms with E-state index >= 15 is 0 Å². The van der Waals surface area contributed by atoms with Crippen LogP contribution in [-0.2, 0) is 9.53 Å². The zero-order chi connectivity index (χ0) is 12.3. The summed E-state index contributed by atoms with van der Waals surface area (Å²) in [6, 6.07) is -0.0511. The lowest BCUT2D eigenvalue weighted by atomic mass is 10.1. The molecule has 1 atom stereocenters. The van der Waals surface area contributed by atoms with E-state index in [1.807, 2.05) is 27.7 Å². The van der Waals surface area contributed by atoms with Crippen LogP contribution in [0.4, 0.5) is 4.79 Å². The Morgan fingerprint density at radius 2 is 2.06 bits per heavy atom. The average molecular weight is 227 g/mol. The van der Waals surface area contributed by atoms with Gasteiger partial charge in [0.2, 0.25) is 0 Å². The third-order valence-electron chi connectivity index (χ3n) is 2.54. The van der Waals surface area contributed by atoms with Crippen LogP contribution in [0, 0.1) is 0 Å². The molecule has 1 saturated heterocycles. The van der Waals surface area contributed by atoms with Gasteiger partial charge in [-0.3, -0.25) is 4.79 Å². The van der Waals surface area contributed by atoms with Gasteiger partial charge in [0.05, 0.1) is 0 Å². The number of carbonyl (C=O) groups is 2. The van der Waals surface area contributed by atoms with Crippen molar-refractivity contribution < 1.29 is 14.3 Å². The Balaban J connectivity index is 2.64. The molecule has 0 spiro atoms. The standard InChI is InChI=1S/C12H21NO3/c1-9-8-10(14)6-5-7-13(9)11(15)16-12(2,3)4/h9H,5-8H2,1-4H3. The molecule has 4 nitrogen and oxygen atoms in total. The van der Waals surface area contributed by atoms with Crippen molar-refractivity contribution in [2.24, 2.45) is 0 Å². The van der Waals surface area contributed by atoms with Gasteiger partial charge in [-0.2, -0.15) is 0 Å². The fourth-order valence-electron chi connectivity index (χ4n) is 1.80. The first-order valence-corrected chi connectivity index (χ1v) is 5.81. The first-order chi connectivity index (χ1) is 7.29. The van der Waals surface area contributed by atoms with Crippen LogP contribution in [0.3, 0.4) is 0 Å². The second-order valence-electron chi connectivity index (χ2n) is 5.37. The van der Waals surface area contributed by atoms with E-state index in [0.717, 1.165) is 6.42 Å². The Bertz CT molecular complexity index is 280. The maximum atomic E-state index is 11.9. The fraction of sp³-hybridized carbons (Fsp3) is 0.833. The molecule has 1 fully saturated rings. The molecule has 1 rings (SSSR count). The molecule has 0 saturated carbocycles. The zero-order valence-corrected chi connectivity index (χ0v) is 10.6. The minimum absolute atomic E-state index is 0.0511. The molecule has 0 aromatic heterocycles.